The van der Waals surface area contributed by atoms with Crippen LogP contribution in [0.3, 0.4) is 0 Å². The fraction of sp³-hybridized carbons (Fsp3) is 0.300. The predicted octanol–water partition coefficient (Wildman–Crippen LogP) is 1.77. The van der Waals surface area contributed by atoms with Crippen molar-refractivity contribution in [3.63, 3.8) is 0 Å². The number of methoxy groups -OCH3 is 3. The van der Waals surface area contributed by atoms with Gasteiger partial charge >= 0.3 is 0 Å². The molecule has 0 fully saturated rings. The molecule has 2 N–H and O–H groups in total. The second-order valence-corrected chi connectivity index (χ2v) is 5.73. The van der Waals surface area contributed by atoms with Gasteiger partial charge in [-0.25, -0.2) is 0 Å². The van der Waals surface area contributed by atoms with Crippen molar-refractivity contribution in [1.82, 2.24) is 10.6 Å². The molecule has 0 radical (unpaired) electrons. The zero-order valence-electron chi connectivity index (χ0n) is 16.3. The highest BCUT2D eigenvalue weighted by Crippen LogP contribution is 2.28. The molecule has 2 rings (SSSR count). The lowest BCUT2D eigenvalue weighted by atomic mass is 10.1. The molecule has 8 nitrogen and oxygen atoms in total. The minimum Gasteiger partial charge on any atom is -0.497 e. The quantitative estimate of drug-likeness (QED) is 0.680. The number of carbonyl (C=O) groups excluding carboxylic acids is 2. The minimum absolute atomic E-state index is 0.143. The lowest BCUT2D eigenvalue weighted by Gasteiger charge is -2.12. The summed E-state index contributed by atoms with van der Waals surface area (Å²) in [4.78, 5) is 23.8. The van der Waals surface area contributed by atoms with Gasteiger partial charge in [-0.2, -0.15) is 0 Å². The third-order valence-electron chi connectivity index (χ3n) is 3.93. The molecule has 0 atom stereocenters. The van der Waals surface area contributed by atoms with Crippen LogP contribution in [0.15, 0.2) is 36.4 Å². The summed E-state index contributed by atoms with van der Waals surface area (Å²) in [7, 11) is 6.12. The van der Waals surface area contributed by atoms with Gasteiger partial charge in [-0.05, 0) is 35.9 Å². The van der Waals surface area contributed by atoms with Gasteiger partial charge in [0, 0.05) is 25.2 Å². The summed E-state index contributed by atoms with van der Waals surface area (Å²) < 4.78 is 21.1. The van der Waals surface area contributed by atoms with Gasteiger partial charge in [-0.1, -0.05) is 0 Å². The van der Waals surface area contributed by atoms with E-state index in [0.29, 0.717) is 35.1 Å². The van der Waals surface area contributed by atoms with Crippen molar-refractivity contribution in [2.24, 2.45) is 0 Å². The van der Waals surface area contributed by atoms with Crippen molar-refractivity contribution in [2.45, 2.75) is 6.54 Å². The topological polar surface area (TPSA) is 95.1 Å². The Morgan fingerprint density at radius 3 is 2.14 bits per heavy atom. The van der Waals surface area contributed by atoms with Crippen LogP contribution in [0.25, 0.3) is 0 Å². The molecule has 2 aromatic rings. The van der Waals surface area contributed by atoms with Gasteiger partial charge in [0.25, 0.3) is 11.8 Å². The van der Waals surface area contributed by atoms with Gasteiger partial charge in [0.2, 0.25) is 0 Å². The van der Waals surface area contributed by atoms with Crippen LogP contribution in [0.2, 0.25) is 0 Å². The van der Waals surface area contributed by atoms with Crippen molar-refractivity contribution < 1.29 is 28.5 Å². The molecule has 0 bridgehead atoms. The summed E-state index contributed by atoms with van der Waals surface area (Å²) in [5.74, 6) is 1.47. The number of ether oxygens (including phenoxy) is 4. The first-order valence-electron chi connectivity index (χ1n) is 8.52. The van der Waals surface area contributed by atoms with E-state index in [9.17, 15) is 9.59 Å². The van der Waals surface area contributed by atoms with Crippen molar-refractivity contribution in [3.05, 3.63) is 47.5 Å². The van der Waals surface area contributed by atoms with Crippen LogP contribution in [0.4, 0.5) is 0 Å². The first-order chi connectivity index (χ1) is 13.5. The molecule has 0 heterocycles. The van der Waals surface area contributed by atoms with Crippen LogP contribution in [0, 0.1) is 0 Å². The molecule has 0 aromatic heterocycles. The lowest BCUT2D eigenvalue weighted by Crippen LogP contribution is -2.25. The molecule has 2 aromatic carbocycles. The first-order valence-corrected chi connectivity index (χ1v) is 8.52. The molecule has 8 heteroatoms. The fourth-order valence-corrected chi connectivity index (χ4v) is 2.40. The zero-order valence-corrected chi connectivity index (χ0v) is 16.3. The van der Waals surface area contributed by atoms with E-state index in [1.807, 2.05) is 12.1 Å². The number of hydrogen-bond acceptors (Lipinski definition) is 6. The molecular formula is C20H24N2O6. The molecule has 0 spiro atoms. The number of benzene rings is 2. The summed E-state index contributed by atoms with van der Waals surface area (Å²) in [5.41, 5.74) is 1.24. The van der Waals surface area contributed by atoms with Crippen LogP contribution < -0.4 is 29.6 Å². The number of hydrogen-bond donors (Lipinski definition) is 2. The average molecular weight is 388 g/mol. The fourth-order valence-electron chi connectivity index (χ4n) is 2.40. The van der Waals surface area contributed by atoms with Gasteiger partial charge in [0.05, 0.1) is 21.3 Å². The minimum atomic E-state index is -0.280. The normalized spacial score (nSPS) is 10.0. The largest absolute Gasteiger partial charge is 0.497 e. The van der Waals surface area contributed by atoms with Gasteiger partial charge in [0.1, 0.15) is 11.5 Å². The van der Waals surface area contributed by atoms with E-state index in [1.165, 1.54) is 14.2 Å². The van der Waals surface area contributed by atoms with E-state index in [1.54, 1.807) is 38.5 Å². The maximum Gasteiger partial charge on any atom is 0.257 e. The number of amides is 2. The van der Waals surface area contributed by atoms with Gasteiger partial charge in [-0.15, -0.1) is 0 Å². The molecular weight excluding hydrogens is 364 g/mol. The predicted molar refractivity (Wildman–Crippen MR) is 103 cm³/mol. The van der Waals surface area contributed by atoms with Crippen molar-refractivity contribution >= 4 is 11.8 Å². The maximum atomic E-state index is 12.5. The highest BCUT2D eigenvalue weighted by molar-refractivity contribution is 5.94. The molecule has 150 valence electrons. The van der Waals surface area contributed by atoms with Crippen LogP contribution in [-0.2, 0) is 11.3 Å². The van der Waals surface area contributed by atoms with Crippen molar-refractivity contribution in [3.8, 4) is 23.0 Å². The molecule has 0 aliphatic rings. The molecule has 0 aliphatic heterocycles. The van der Waals surface area contributed by atoms with E-state index < -0.39 is 0 Å². The number of likely N-dealkylation sites (N-methyl/N-ethyl adjacent to an activating group) is 1. The second-order valence-electron chi connectivity index (χ2n) is 5.73. The first kappa shape index (κ1) is 20.9. The Kier molecular flexibility index (Phi) is 7.50. The molecule has 0 aliphatic carbocycles. The van der Waals surface area contributed by atoms with Gasteiger partial charge in [-0.3, -0.25) is 9.59 Å². The summed E-state index contributed by atoms with van der Waals surface area (Å²) >= 11 is 0. The average Bonchev–Trinajstić information content (AvgIpc) is 2.75. The van der Waals surface area contributed by atoms with E-state index in [2.05, 4.69) is 10.6 Å². The number of nitrogens with one attached hydrogen (secondary N) is 2. The number of carbonyl (C=O) groups is 2. The van der Waals surface area contributed by atoms with E-state index in [4.69, 9.17) is 18.9 Å². The Labute approximate surface area is 163 Å². The van der Waals surface area contributed by atoms with Crippen LogP contribution in [0.1, 0.15) is 15.9 Å². The third-order valence-corrected chi connectivity index (χ3v) is 3.93. The lowest BCUT2D eigenvalue weighted by molar-refractivity contribution is -0.122. The van der Waals surface area contributed by atoms with Crippen molar-refractivity contribution in [1.29, 1.82) is 0 Å². The molecule has 28 heavy (non-hydrogen) atoms. The van der Waals surface area contributed by atoms with Crippen LogP contribution in [0.5, 0.6) is 23.0 Å². The van der Waals surface area contributed by atoms with Gasteiger partial charge < -0.3 is 29.6 Å². The Hall–Kier alpha value is -3.42. The number of rotatable bonds is 9. The SMILES string of the molecule is CNC(=O)COc1ccc(C(=O)NCc2cc(OC)cc(OC)c2)cc1OC. The summed E-state index contributed by atoms with van der Waals surface area (Å²) in [6.07, 6.45) is 0. The Balaban J connectivity index is 2.07. The zero-order chi connectivity index (χ0) is 20.5. The van der Waals surface area contributed by atoms with Crippen LogP contribution >= 0.6 is 0 Å². The Morgan fingerprint density at radius 2 is 1.57 bits per heavy atom. The molecule has 0 saturated heterocycles. The smallest absolute Gasteiger partial charge is 0.257 e. The second kappa shape index (κ2) is 10.1. The van der Waals surface area contributed by atoms with E-state index >= 15 is 0 Å². The Morgan fingerprint density at radius 1 is 0.893 bits per heavy atom. The third kappa shape index (κ3) is 5.54. The van der Waals surface area contributed by atoms with Gasteiger partial charge in [0.15, 0.2) is 18.1 Å². The molecule has 0 unspecified atom stereocenters. The summed E-state index contributed by atoms with van der Waals surface area (Å²) in [5, 5.41) is 5.30. The van der Waals surface area contributed by atoms with Crippen molar-refractivity contribution in [2.75, 3.05) is 35.0 Å². The van der Waals surface area contributed by atoms with Crippen LogP contribution in [-0.4, -0.2) is 46.8 Å². The van der Waals surface area contributed by atoms with E-state index in [0.717, 1.165) is 5.56 Å². The van der Waals surface area contributed by atoms with E-state index in [-0.39, 0.29) is 18.4 Å². The highest BCUT2D eigenvalue weighted by atomic mass is 16.5. The highest BCUT2D eigenvalue weighted by Gasteiger charge is 2.12. The molecule has 0 saturated carbocycles. The summed E-state index contributed by atoms with van der Waals surface area (Å²) in [6.45, 7) is 0.152. The summed E-state index contributed by atoms with van der Waals surface area (Å²) in [6, 6.07) is 10.1. The maximum absolute atomic E-state index is 12.5. The monoisotopic (exact) mass is 388 g/mol. The Bertz CT molecular complexity index is 815. The standard InChI is InChI=1S/C20H24N2O6/c1-21-19(23)12-28-17-6-5-14(9-18(17)27-4)20(24)22-11-13-7-15(25-2)10-16(8-13)26-3/h5-10H,11-12H2,1-4H3,(H,21,23)(H,22,24). The molecule has 2 amide bonds.